The highest BCUT2D eigenvalue weighted by Gasteiger charge is 2.30. The number of likely N-dealkylation sites (N-methyl/N-ethyl adjacent to an activating group) is 1. The first-order valence-corrected chi connectivity index (χ1v) is 6.71. The molecule has 3 N–H and O–H groups in total. The van der Waals surface area contributed by atoms with Crippen LogP contribution in [0.4, 0.5) is 0 Å². The zero-order valence-corrected chi connectivity index (χ0v) is 10.5. The molecule has 1 aliphatic carbocycles. The molecule has 0 spiro atoms. The van der Waals surface area contributed by atoms with Crippen molar-refractivity contribution in [2.75, 3.05) is 13.1 Å². The van der Waals surface area contributed by atoms with E-state index in [2.05, 4.69) is 19.2 Å². The second-order valence-corrected chi connectivity index (χ2v) is 5.10. The summed E-state index contributed by atoms with van der Waals surface area (Å²) in [7, 11) is 0. The van der Waals surface area contributed by atoms with Gasteiger partial charge in [-0.25, -0.2) is 0 Å². The molecule has 0 saturated heterocycles. The standard InChI is InChI=1S/C13H28N2/c1-3-6-12-7-5-9-13(11-14,10-8-12)15-4-2/h12,15H,3-11,14H2,1-2H3. The molecule has 2 atom stereocenters. The molecule has 1 saturated carbocycles. The van der Waals surface area contributed by atoms with E-state index in [-0.39, 0.29) is 5.54 Å². The lowest BCUT2D eigenvalue weighted by Gasteiger charge is -2.32. The van der Waals surface area contributed by atoms with Crippen molar-refractivity contribution in [3.05, 3.63) is 0 Å². The summed E-state index contributed by atoms with van der Waals surface area (Å²) in [4.78, 5) is 0. The third-order valence-electron chi connectivity index (χ3n) is 3.94. The van der Waals surface area contributed by atoms with Gasteiger partial charge in [0, 0.05) is 12.1 Å². The van der Waals surface area contributed by atoms with E-state index in [1.807, 2.05) is 0 Å². The maximum atomic E-state index is 5.95. The molecular weight excluding hydrogens is 184 g/mol. The Morgan fingerprint density at radius 2 is 2.07 bits per heavy atom. The first-order valence-electron chi connectivity index (χ1n) is 6.71. The van der Waals surface area contributed by atoms with Gasteiger partial charge in [0.15, 0.2) is 0 Å². The van der Waals surface area contributed by atoms with Gasteiger partial charge in [0.1, 0.15) is 0 Å². The Morgan fingerprint density at radius 1 is 1.27 bits per heavy atom. The fourth-order valence-corrected chi connectivity index (χ4v) is 3.00. The lowest BCUT2D eigenvalue weighted by molar-refractivity contribution is 0.293. The first kappa shape index (κ1) is 13.0. The highest BCUT2D eigenvalue weighted by Crippen LogP contribution is 2.32. The summed E-state index contributed by atoms with van der Waals surface area (Å²) in [5.41, 5.74) is 6.21. The molecule has 0 aliphatic heterocycles. The normalized spacial score (nSPS) is 32.6. The lowest BCUT2D eigenvalue weighted by Crippen LogP contribution is -2.50. The summed E-state index contributed by atoms with van der Waals surface area (Å²) >= 11 is 0. The molecule has 2 nitrogen and oxygen atoms in total. The molecule has 2 heteroatoms. The van der Waals surface area contributed by atoms with Crippen LogP contribution >= 0.6 is 0 Å². The third kappa shape index (κ3) is 3.76. The number of hydrogen-bond acceptors (Lipinski definition) is 2. The molecule has 90 valence electrons. The van der Waals surface area contributed by atoms with Gasteiger partial charge in [-0.2, -0.15) is 0 Å². The van der Waals surface area contributed by atoms with E-state index in [0.29, 0.717) is 0 Å². The topological polar surface area (TPSA) is 38.0 Å². The van der Waals surface area contributed by atoms with Gasteiger partial charge in [0.05, 0.1) is 0 Å². The van der Waals surface area contributed by atoms with Crippen molar-refractivity contribution in [2.24, 2.45) is 11.7 Å². The average molecular weight is 212 g/mol. The summed E-state index contributed by atoms with van der Waals surface area (Å²) in [6.45, 7) is 6.34. The van der Waals surface area contributed by atoms with Crippen LogP contribution in [0.3, 0.4) is 0 Å². The smallest absolute Gasteiger partial charge is 0.0304 e. The molecule has 15 heavy (non-hydrogen) atoms. The molecule has 0 amide bonds. The van der Waals surface area contributed by atoms with E-state index in [1.54, 1.807) is 0 Å². The number of nitrogens with two attached hydrogens (primary N) is 1. The van der Waals surface area contributed by atoms with Gasteiger partial charge >= 0.3 is 0 Å². The highest BCUT2D eigenvalue weighted by molar-refractivity contribution is 4.91. The van der Waals surface area contributed by atoms with Crippen molar-refractivity contribution in [3.63, 3.8) is 0 Å². The van der Waals surface area contributed by atoms with Crippen molar-refractivity contribution in [3.8, 4) is 0 Å². The summed E-state index contributed by atoms with van der Waals surface area (Å²) in [6, 6.07) is 0. The molecule has 0 bridgehead atoms. The Kier molecular flexibility index (Phi) is 5.62. The van der Waals surface area contributed by atoms with Gasteiger partial charge in [-0.3, -0.25) is 0 Å². The minimum absolute atomic E-state index is 0.261. The molecule has 0 aromatic carbocycles. The Balaban J connectivity index is 2.48. The maximum absolute atomic E-state index is 5.95. The van der Waals surface area contributed by atoms with Crippen molar-refractivity contribution >= 4 is 0 Å². The van der Waals surface area contributed by atoms with Gasteiger partial charge in [-0.1, -0.05) is 39.5 Å². The predicted molar refractivity (Wildman–Crippen MR) is 66.9 cm³/mol. The van der Waals surface area contributed by atoms with Crippen LogP contribution in [0, 0.1) is 5.92 Å². The van der Waals surface area contributed by atoms with Crippen LogP contribution in [0.2, 0.25) is 0 Å². The minimum Gasteiger partial charge on any atom is -0.329 e. The molecule has 1 fully saturated rings. The van der Waals surface area contributed by atoms with Crippen molar-refractivity contribution in [1.29, 1.82) is 0 Å². The quantitative estimate of drug-likeness (QED) is 0.688. The fraction of sp³-hybridized carbons (Fsp3) is 1.00. The third-order valence-corrected chi connectivity index (χ3v) is 3.94. The number of hydrogen-bond donors (Lipinski definition) is 2. The largest absolute Gasteiger partial charge is 0.329 e. The van der Waals surface area contributed by atoms with Gasteiger partial charge in [-0.05, 0) is 31.7 Å². The van der Waals surface area contributed by atoms with E-state index in [1.165, 1.54) is 44.9 Å². The van der Waals surface area contributed by atoms with Crippen molar-refractivity contribution in [1.82, 2.24) is 5.32 Å². The minimum atomic E-state index is 0.261. The van der Waals surface area contributed by atoms with Gasteiger partial charge in [0.25, 0.3) is 0 Å². The van der Waals surface area contributed by atoms with Gasteiger partial charge < -0.3 is 11.1 Å². The van der Waals surface area contributed by atoms with E-state index in [0.717, 1.165) is 19.0 Å². The summed E-state index contributed by atoms with van der Waals surface area (Å²) < 4.78 is 0. The van der Waals surface area contributed by atoms with E-state index >= 15 is 0 Å². The molecule has 1 rings (SSSR count). The van der Waals surface area contributed by atoms with Crippen LogP contribution in [0.1, 0.15) is 58.8 Å². The lowest BCUT2D eigenvalue weighted by atomic mass is 9.89. The van der Waals surface area contributed by atoms with E-state index < -0.39 is 0 Å². The predicted octanol–water partition coefficient (Wildman–Crippen LogP) is 2.67. The Morgan fingerprint density at radius 3 is 2.67 bits per heavy atom. The second-order valence-electron chi connectivity index (χ2n) is 5.10. The van der Waals surface area contributed by atoms with Crippen molar-refractivity contribution in [2.45, 2.75) is 64.3 Å². The van der Waals surface area contributed by atoms with Crippen LogP contribution < -0.4 is 11.1 Å². The molecule has 0 radical (unpaired) electrons. The Labute approximate surface area is 95.0 Å². The zero-order valence-electron chi connectivity index (χ0n) is 10.5. The van der Waals surface area contributed by atoms with E-state index in [4.69, 9.17) is 5.73 Å². The molecule has 2 unspecified atom stereocenters. The second kappa shape index (κ2) is 6.49. The van der Waals surface area contributed by atoms with Crippen LogP contribution in [0.25, 0.3) is 0 Å². The molecule has 0 heterocycles. The highest BCUT2D eigenvalue weighted by atomic mass is 15.0. The molecule has 1 aliphatic rings. The van der Waals surface area contributed by atoms with Crippen molar-refractivity contribution < 1.29 is 0 Å². The summed E-state index contributed by atoms with van der Waals surface area (Å²) in [5.74, 6) is 0.960. The number of nitrogens with one attached hydrogen (secondary N) is 1. The van der Waals surface area contributed by atoms with Gasteiger partial charge in [-0.15, -0.1) is 0 Å². The summed E-state index contributed by atoms with van der Waals surface area (Å²) in [5, 5.41) is 3.63. The monoisotopic (exact) mass is 212 g/mol. The Hall–Kier alpha value is -0.0800. The fourth-order valence-electron chi connectivity index (χ4n) is 3.00. The Bertz CT molecular complexity index is 170. The molecular formula is C13H28N2. The van der Waals surface area contributed by atoms with Crippen LogP contribution in [0.15, 0.2) is 0 Å². The van der Waals surface area contributed by atoms with E-state index in [9.17, 15) is 0 Å². The molecule has 0 aromatic rings. The first-order chi connectivity index (χ1) is 7.26. The number of rotatable bonds is 5. The van der Waals surface area contributed by atoms with Gasteiger partial charge in [0.2, 0.25) is 0 Å². The van der Waals surface area contributed by atoms with Crippen LogP contribution in [0.5, 0.6) is 0 Å². The zero-order chi connectivity index (χ0) is 11.1. The van der Waals surface area contributed by atoms with Crippen LogP contribution in [-0.2, 0) is 0 Å². The summed E-state index contributed by atoms with van der Waals surface area (Å²) in [6.07, 6.45) is 9.45. The maximum Gasteiger partial charge on any atom is 0.0304 e. The average Bonchev–Trinajstić information content (AvgIpc) is 2.44. The molecule has 0 aromatic heterocycles. The SMILES string of the molecule is CCCC1CCCC(CN)(NCC)CC1. The van der Waals surface area contributed by atoms with Crippen LogP contribution in [-0.4, -0.2) is 18.6 Å².